The van der Waals surface area contributed by atoms with Gasteiger partial charge in [0, 0.05) is 0 Å². The first-order valence-corrected chi connectivity index (χ1v) is 4.19. The van der Waals surface area contributed by atoms with Crippen LogP contribution in [0.25, 0.3) is 11.0 Å². The van der Waals surface area contributed by atoms with Gasteiger partial charge in [0.05, 0.1) is 11.1 Å². The number of H-pyrrole nitrogens is 1. The number of aromatic nitrogens is 2. The van der Waals surface area contributed by atoms with E-state index in [9.17, 15) is 18.0 Å². The molecule has 0 bridgehead atoms. The Labute approximate surface area is 86.7 Å². The number of fused-ring (bicyclic) bond motifs is 1. The number of aromatic carboxylic acids is 1. The first kappa shape index (κ1) is 10.5. The zero-order chi connectivity index (χ0) is 11.9. The largest absolute Gasteiger partial charge is 0.478 e. The Morgan fingerprint density at radius 2 is 2.12 bits per heavy atom. The van der Waals surface area contributed by atoms with Crippen molar-refractivity contribution in [1.82, 2.24) is 9.97 Å². The van der Waals surface area contributed by atoms with E-state index >= 15 is 0 Å². The maximum atomic E-state index is 13.0. The molecular weight excluding hydrogens is 225 g/mol. The predicted molar refractivity (Wildman–Crippen MR) is 48.0 cm³/mol. The van der Waals surface area contributed by atoms with Gasteiger partial charge < -0.3 is 10.1 Å². The lowest BCUT2D eigenvalue weighted by molar-refractivity contribution is 0.0698. The second-order valence-electron chi connectivity index (χ2n) is 3.08. The molecule has 0 aliphatic carbocycles. The van der Waals surface area contributed by atoms with Crippen molar-refractivity contribution in [2.45, 2.75) is 6.43 Å². The minimum atomic E-state index is -2.86. The fourth-order valence-corrected chi connectivity index (χ4v) is 1.37. The van der Waals surface area contributed by atoms with E-state index in [0.717, 1.165) is 12.1 Å². The van der Waals surface area contributed by atoms with E-state index in [-0.39, 0.29) is 11.0 Å². The Kier molecular flexibility index (Phi) is 2.30. The van der Waals surface area contributed by atoms with E-state index in [1.807, 2.05) is 0 Å². The Morgan fingerprint density at radius 3 is 2.69 bits per heavy atom. The van der Waals surface area contributed by atoms with Crippen LogP contribution >= 0.6 is 0 Å². The summed E-state index contributed by atoms with van der Waals surface area (Å²) in [5.41, 5.74) is -0.685. The van der Waals surface area contributed by atoms with Crippen LogP contribution in [-0.4, -0.2) is 21.0 Å². The van der Waals surface area contributed by atoms with Gasteiger partial charge in [-0.15, -0.1) is 0 Å². The normalized spacial score (nSPS) is 11.2. The smallest absolute Gasteiger partial charge is 0.338 e. The second-order valence-corrected chi connectivity index (χ2v) is 3.08. The van der Waals surface area contributed by atoms with Crippen molar-refractivity contribution >= 4 is 17.0 Å². The number of benzene rings is 1. The number of hydrogen-bond acceptors (Lipinski definition) is 2. The third-order valence-electron chi connectivity index (χ3n) is 2.01. The first-order valence-electron chi connectivity index (χ1n) is 4.19. The molecule has 1 heterocycles. The standard InChI is InChI=1S/C9H5F3N2O2/c10-3-1-4(9(15)16)6-5(2-3)13-8(14-6)7(11)12/h1-2,7H,(H,13,14)(H,15,16). The molecule has 2 N–H and O–H groups in total. The minimum Gasteiger partial charge on any atom is -0.478 e. The summed E-state index contributed by atoms with van der Waals surface area (Å²) >= 11 is 0. The maximum Gasteiger partial charge on any atom is 0.338 e. The van der Waals surface area contributed by atoms with Gasteiger partial charge in [-0.1, -0.05) is 0 Å². The van der Waals surface area contributed by atoms with Gasteiger partial charge in [-0.2, -0.15) is 0 Å². The maximum absolute atomic E-state index is 13.0. The van der Waals surface area contributed by atoms with Gasteiger partial charge in [0.1, 0.15) is 11.3 Å². The van der Waals surface area contributed by atoms with Crippen LogP contribution in [0, 0.1) is 5.82 Å². The van der Waals surface area contributed by atoms with Gasteiger partial charge in [0.2, 0.25) is 0 Å². The Morgan fingerprint density at radius 1 is 1.44 bits per heavy atom. The van der Waals surface area contributed by atoms with Gasteiger partial charge >= 0.3 is 5.97 Å². The number of hydrogen-bond donors (Lipinski definition) is 2. The molecule has 2 rings (SSSR count). The lowest BCUT2D eigenvalue weighted by Crippen LogP contribution is -1.98. The monoisotopic (exact) mass is 230 g/mol. The fraction of sp³-hybridized carbons (Fsp3) is 0.111. The molecule has 1 aromatic carbocycles. The van der Waals surface area contributed by atoms with E-state index in [2.05, 4.69) is 9.97 Å². The Bertz CT molecular complexity index is 565. The molecule has 0 aliphatic rings. The van der Waals surface area contributed by atoms with Gasteiger partial charge in [-0.3, -0.25) is 0 Å². The minimum absolute atomic E-state index is 0.0623. The molecule has 0 amide bonds. The number of carboxylic acid groups (broad SMARTS) is 1. The molecule has 84 valence electrons. The van der Waals surface area contributed by atoms with Crippen LogP contribution in [-0.2, 0) is 0 Å². The average Bonchev–Trinajstić information content (AvgIpc) is 2.59. The van der Waals surface area contributed by atoms with Crippen molar-refractivity contribution in [2.75, 3.05) is 0 Å². The summed E-state index contributed by atoms with van der Waals surface area (Å²) < 4.78 is 37.6. The van der Waals surface area contributed by atoms with Crippen molar-refractivity contribution in [3.8, 4) is 0 Å². The van der Waals surface area contributed by atoms with Crippen LogP contribution in [0.1, 0.15) is 22.6 Å². The van der Waals surface area contributed by atoms with Crippen LogP contribution in [0.15, 0.2) is 12.1 Å². The van der Waals surface area contributed by atoms with E-state index in [1.165, 1.54) is 0 Å². The van der Waals surface area contributed by atoms with Crippen LogP contribution in [0.4, 0.5) is 13.2 Å². The molecule has 0 atom stereocenters. The lowest BCUT2D eigenvalue weighted by Gasteiger charge is -1.95. The first-order chi connectivity index (χ1) is 7.49. The molecule has 0 radical (unpaired) electrons. The highest BCUT2D eigenvalue weighted by Gasteiger charge is 2.18. The number of aromatic amines is 1. The zero-order valence-corrected chi connectivity index (χ0v) is 7.67. The molecule has 0 unspecified atom stereocenters. The molecule has 7 heteroatoms. The van der Waals surface area contributed by atoms with Crippen molar-refractivity contribution in [1.29, 1.82) is 0 Å². The van der Waals surface area contributed by atoms with Gasteiger partial charge in [-0.25, -0.2) is 22.9 Å². The highest BCUT2D eigenvalue weighted by molar-refractivity contribution is 6.00. The van der Waals surface area contributed by atoms with E-state index in [1.54, 1.807) is 0 Å². The van der Waals surface area contributed by atoms with Crippen molar-refractivity contribution in [3.05, 3.63) is 29.3 Å². The van der Waals surface area contributed by atoms with Gasteiger partial charge in [0.25, 0.3) is 6.43 Å². The zero-order valence-electron chi connectivity index (χ0n) is 7.67. The van der Waals surface area contributed by atoms with Crippen LogP contribution < -0.4 is 0 Å². The number of nitrogens with one attached hydrogen (secondary N) is 1. The topological polar surface area (TPSA) is 66.0 Å². The third-order valence-corrected chi connectivity index (χ3v) is 2.01. The average molecular weight is 230 g/mol. The molecule has 0 aliphatic heterocycles. The molecule has 0 fully saturated rings. The van der Waals surface area contributed by atoms with Crippen LogP contribution in [0.5, 0.6) is 0 Å². The summed E-state index contributed by atoms with van der Waals surface area (Å²) in [5.74, 6) is -2.92. The molecular formula is C9H5F3N2O2. The van der Waals surface area contributed by atoms with E-state index < -0.39 is 29.6 Å². The number of carboxylic acids is 1. The summed E-state index contributed by atoms with van der Waals surface area (Å²) in [7, 11) is 0. The highest BCUT2D eigenvalue weighted by atomic mass is 19.3. The molecule has 0 saturated carbocycles. The third kappa shape index (κ3) is 1.60. The number of imidazole rings is 1. The number of halogens is 3. The van der Waals surface area contributed by atoms with Crippen LogP contribution in [0.3, 0.4) is 0 Å². The van der Waals surface area contributed by atoms with Gasteiger partial charge in [-0.05, 0) is 12.1 Å². The number of nitrogens with zero attached hydrogens (tertiary/aromatic N) is 1. The predicted octanol–water partition coefficient (Wildman–Crippen LogP) is 2.34. The second kappa shape index (κ2) is 3.51. The van der Waals surface area contributed by atoms with Gasteiger partial charge in [0.15, 0.2) is 5.82 Å². The molecule has 4 nitrogen and oxygen atoms in total. The summed E-state index contributed by atoms with van der Waals surface area (Å²) in [6, 6.07) is 1.65. The number of alkyl halides is 2. The summed E-state index contributed by atoms with van der Waals surface area (Å²) in [6.45, 7) is 0. The molecule has 1 aromatic heterocycles. The lowest BCUT2D eigenvalue weighted by atomic mass is 10.2. The van der Waals surface area contributed by atoms with Crippen molar-refractivity contribution < 1.29 is 23.1 Å². The summed E-state index contributed by atoms with van der Waals surface area (Å²) in [6.07, 6.45) is -2.86. The highest BCUT2D eigenvalue weighted by Crippen LogP contribution is 2.23. The van der Waals surface area contributed by atoms with E-state index in [4.69, 9.17) is 5.11 Å². The molecule has 0 saturated heterocycles. The Balaban J connectivity index is 2.75. The van der Waals surface area contributed by atoms with Crippen molar-refractivity contribution in [3.63, 3.8) is 0 Å². The Hall–Kier alpha value is -2.05. The summed E-state index contributed by atoms with van der Waals surface area (Å²) in [5, 5.41) is 8.75. The molecule has 0 spiro atoms. The van der Waals surface area contributed by atoms with Crippen molar-refractivity contribution in [2.24, 2.45) is 0 Å². The van der Waals surface area contributed by atoms with Crippen LogP contribution in [0.2, 0.25) is 0 Å². The number of rotatable bonds is 2. The number of carbonyl (C=O) groups is 1. The molecule has 16 heavy (non-hydrogen) atoms. The van der Waals surface area contributed by atoms with E-state index in [0.29, 0.717) is 0 Å². The summed E-state index contributed by atoms with van der Waals surface area (Å²) in [4.78, 5) is 16.3. The SMILES string of the molecule is O=C(O)c1cc(F)cc2[nH]c(C(F)F)nc12. The fourth-order valence-electron chi connectivity index (χ4n) is 1.37. The quantitative estimate of drug-likeness (QED) is 0.832. The molecule has 2 aromatic rings.